The van der Waals surface area contributed by atoms with E-state index >= 15 is 0 Å². The van der Waals surface area contributed by atoms with E-state index in [9.17, 15) is 5.11 Å². The molecule has 0 aliphatic heterocycles. The highest BCUT2D eigenvalue weighted by Crippen LogP contribution is 2.29. The molecule has 4 rings (SSSR count). The zero-order valence-corrected chi connectivity index (χ0v) is 12.4. The molecule has 6 nitrogen and oxygen atoms in total. The second kappa shape index (κ2) is 5.17. The average Bonchev–Trinajstić information content (AvgIpc) is 3.02. The second-order valence-corrected chi connectivity index (χ2v) is 5.23. The maximum Gasteiger partial charge on any atom is 0.180 e. The highest BCUT2D eigenvalue weighted by atomic mass is 16.3. The van der Waals surface area contributed by atoms with E-state index in [0.29, 0.717) is 17.2 Å². The van der Waals surface area contributed by atoms with Crippen molar-refractivity contribution in [3.05, 3.63) is 54.6 Å². The van der Waals surface area contributed by atoms with E-state index in [1.165, 1.54) is 6.20 Å². The second-order valence-electron chi connectivity index (χ2n) is 5.23. The number of hydrogen-bond acceptors (Lipinski definition) is 5. The van der Waals surface area contributed by atoms with E-state index < -0.39 is 0 Å². The minimum Gasteiger partial charge on any atom is -0.506 e. The summed E-state index contributed by atoms with van der Waals surface area (Å²) in [6.45, 7) is 1.93. The molecule has 0 fully saturated rings. The van der Waals surface area contributed by atoms with Crippen LogP contribution in [0.15, 0.2) is 48.9 Å². The van der Waals surface area contributed by atoms with Gasteiger partial charge in [0.2, 0.25) is 0 Å². The van der Waals surface area contributed by atoms with E-state index in [1.54, 1.807) is 12.3 Å². The highest BCUT2D eigenvalue weighted by molar-refractivity contribution is 5.91. The average molecular weight is 303 g/mol. The Hall–Kier alpha value is -3.28. The number of hydrogen-bond donors (Lipinski definition) is 2. The van der Waals surface area contributed by atoms with E-state index in [1.807, 2.05) is 37.4 Å². The summed E-state index contributed by atoms with van der Waals surface area (Å²) in [5.41, 5.74) is 3.76. The minimum atomic E-state index is 0.0972. The molecule has 0 spiro atoms. The molecule has 0 saturated heterocycles. The standard InChI is InChI=1S/C17H13N5O/c1-10-3-2-4-14(20-10)17-21-15(11-7-12(23)9-18-8-11)13-5-6-19-16(13)22-17/h2-9,23H,1H3,(H,19,21,22). The largest absolute Gasteiger partial charge is 0.506 e. The molecule has 112 valence electrons. The van der Waals surface area contributed by atoms with Gasteiger partial charge in [-0.2, -0.15) is 0 Å². The summed E-state index contributed by atoms with van der Waals surface area (Å²) < 4.78 is 0. The molecular formula is C17H13N5O. The Morgan fingerprint density at radius 1 is 1.04 bits per heavy atom. The first kappa shape index (κ1) is 13.4. The van der Waals surface area contributed by atoms with Gasteiger partial charge in [0, 0.05) is 29.0 Å². The molecule has 0 saturated carbocycles. The molecule has 2 N–H and O–H groups in total. The SMILES string of the molecule is Cc1cccc(-c2nc(-c3cncc(O)c3)c3cc[nH]c3n2)n1. The summed E-state index contributed by atoms with van der Waals surface area (Å²) in [5, 5.41) is 10.6. The molecule has 0 aliphatic rings. The Morgan fingerprint density at radius 3 is 2.78 bits per heavy atom. The van der Waals surface area contributed by atoms with E-state index in [0.717, 1.165) is 22.3 Å². The number of H-pyrrole nitrogens is 1. The number of rotatable bonds is 2. The molecule has 0 radical (unpaired) electrons. The van der Waals surface area contributed by atoms with Crippen LogP contribution in [0.4, 0.5) is 0 Å². The van der Waals surface area contributed by atoms with Crippen LogP contribution in [0.25, 0.3) is 33.8 Å². The molecular weight excluding hydrogens is 290 g/mol. The lowest BCUT2D eigenvalue weighted by Crippen LogP contribution is -1.97. The van der Waals surface area contributed by atoms with Gasteiger partial charge in [0.1, 0.15) is 17.1 Å². The van der Waals surface area contributed by atoms with Gasteiger partial charge in [-0.05, 0) is 31.2 Å². The predicted molar refractivity (Wildman–Crippen MR) is 86.8 cm³/mol. The van der Waals surface area contributed by atoms with Crippen molar-refractivity contribution >= 4 is 11.0 Å². The molecule has 0 unspecified atom stereocenters. The van der Waals surface area contributed by atoms with Crippen LogP contribution >= 0.6 is 0 Å². The van der Waals surface area contributed by atoms with Crippen molar-refractivity contribution in [2.75, 3.05) is 0 Å². The molecule has 0 aromatic carbocycles. The number of pyridine rings is 2. The van der Waals surface area contributed by atoms with Gasteiger partial charge >= 0.3 is 0 Å². The molecule has 0 atom stereocenters. The normalized spacial score (nSPS) is 11.0. The van der Waals surface area contributed by atoms with Gasteiger partial charge in [0.15, 0.2) is 5.82 Å². The molecule has 23 heavy (non-hydrogen) atoms. The number of aromatic amines is 1. The Balaban J connectivity index is 1.98. The molecule has 4 aromatic heterocycles. The van der Waals surface area contributed by atoms with Gasteiger partial charge in [0.25, 0.3) is 0 Å². The topological polar surface area (TPSA) is 87.6 Å². The lowest BCUT2D eigenvalue weighted by atomic mass is 10.1. The van der Waals surface area contributed by atoms with Crippen molar-refractivity contribution in [1.29, 1.82) is 0 Å². The van der Waals surface area contributed by atoms with E-state index in [2.05, 4.69) is 24.9 Å². The molecule has 0 aliphatic carbocycles. The van der Waals surface area contributed by atoms with Crippen molar-refractivity contribution in [3.8, 4) is 28.5 Å². The van der Waals surface area contributed by atoms with Crippen molar-refractivity contribution in [1.82, 2.24) is 24.9 Å². The number of aromatic nitrogens is 5. The third kappa shape index (κ3) is 2.40. The summed E-state index contributed by atoms with van der Waals surface area (Å²) in [5.74, 6) is 0.627. The van der Waals surface area contributed by atoms with Crippen LogP contribution in [0.1, 0.15) is 5.69 Å². The Bertz CT molecular complexity index is 1010. The quantitative estimate of drug-likeness (QED) is 0.594. The summed E-state index contributed by atoms with van der Waals surface area (Å²) in [6.07, 6.45) is 4.87. The van der Waals surface area contributed by atoms with Crippen LogP contribution in [-0.4, -0.2) is 30.0 Å². The van der Waals surface area contributed by atoms with Crippen LogP contribution in [-0.2, 0) is 0 Å². The fourth-order valence-electron chi connectivity index (χ4n) is 2.50. The molecule has 4 aromatic rings. The smallest absolute Gasteiger partial charge is 0.180 e. The highest BCUT2D eigenvalue weighted by Gasteiger charge is 2.13. The van der Waals surface area contributed by atoms with Crippen molar-refractivity contribution in [2.45, 2.75) is 6.92 Å². The maximum absolute atomic E-state index is 9.69. The predicted octanol–water partition coefficient (Wildman–Crippen LogP) is 3.10. The number of fused-ring (bicyclic) bond motifs is 1. The Morgan fingerprint density at radius 2 is 1.96 bits per heavy atom. The first-order chi connectivity index (χ1) is 11.2. The van der Waals surface area contributed by atoms with Gasteiger partial charge in [-0.1, -0.05) is 6.07 Å². The molecule has 0 bridgehead atoms. The molecule has 6 heteroatoms. The summed E-state index contributed by atoms with van der Waals surface area (Å²) >= 11 is 0. The zero-order valence-electron chi connectivity index (χ0n) is 12.4. The number of nitrogens with one attached hydrogen (secondary N) is 1. The van der Waals surface area contributed by atoms with Crippen molar-refractivity contribution < 1.29 is 5.11 Å². The van der Waals surface area contributed by atoms with Crippen molar-refractivity contribution in [2.24, 2.45) is 0 Å². The monoisotopic (exact) mass is 303 g/mol. The van der Waals surface area contributed by atoms with Crippen LogP contribution in [0, 0.1) is 6.92 Å². The lowest BCUT2D eigenvalue weighted by molar-refractivity contribution is 0.473. The third-order valence-corrected chi connectivity index (χ3v) is 3.53. The van der Waals surface area contributed by atoms with Crippen LogP contribution in [0.5, 0.6) is 5.75 Å². The van der Waals surface area contributed by atoms with E-state index in [4.69, 9.17) is 0 Å². The summed E-state index contributed by atoms with van der Waals surface area (Å²) in [4.78, 5) is 20.8. The first-order valence-corrected chi connectivity index (χ1v) is 7.14. The number of aryl methyl sites for hydroxylation is 1. The first-order valence-electron chi connectivity index (χ1n) is 7.14. The summed E-state index contributed by atoms with van der Waals surface area (Å²) in [6, 6.07) is 9.27. The lowest BCUT2D eigenvalue weighted by Gasteiger charge is -2.07. The fraction of sp³-hybridized carbons (Fsp3) is 0.0588. The Kier molecular flexibility index (Phi) is 3.01. The number of nitrogens with zero attached hydrogens (tertiary/aromatic N) is 4. The van der Waals surface area contributed by atoms with Crippen LogP contribution in [0.2, 0.25) is 0 Å². The van der Waals surface area contributed by atoms with Gasteiger partial charge in [0.05, 0.1) is 11.9 Å². The zero-order chi connectivity index (χ0) is 15.8. The summed E-state index contributed by atoms with van der Waals surface area (Å²) in [7, 11) is 0. The van der Waals surface area contributed by atoms with Crippen LogP contribution < -0.4 is 0 Å². The fourth-order valence-corrected chi connectivity index (χ4v) is 2.50. The molecule has 0 amide bonds. The van der Waals surface area contributed by atoms with Gasteiger partial charge < -0.3 is 10.1 Å². The van der Waals surface area contributed by atoms with Crippen molar-refractivity contribution in [3.63, 3.8) is 0 Å². The molecule has 4 heterocycles. The van der Waals surface area contributed by atoms with E-state index in [-0.39, 0.29) is 5.75 Å². The Labute approximate surface area is 131 Å². The maximum atomic E-state index is 9.69. The number of aromatic hydroxyl groups is 1. The van der Waals surface area contributed by atoms with Crippen LogP contribution in [0.3, 0.4) is 0 Å². The van der Waals surface area contributed by atoms with Gasteiger partial charge in [-0.15, -0.1) is 0 Å². The minimum absolute atomic E-state index is 0.0972. The third-order valence-electron chi connectivity index (χ3n) is 3.53. The van der Waals surface area contributed by atoms with Gasteiger partial charge in [-0.3, -0.25) is 4.98 Å². The van der Waals surface area contributed by atoms with Gasteiger partial charge in [-0.25, -0.2) is 15.0 Å².